The van der Waals surface area contributed by atoms with E-state index in [9.17, 15) is 5.11 Å². The van der Waals surface area contributed by atoms with Gasteiger partial charge in [-0.3, -0.25) is 4.90 Å². The smallest absolute Gasteiger partial charge is 0.0900 e. The van der Waals surface area contributed by atoms with Crippen molar-refractivity contribution in [3.05, 3.63) is 35.9 Å². The second kappa shape index (κ2) is 9.05. The first-order valence-electron chi connectivity index (χ1n) is 6.39. The summed E-state index contributed by atoms with van der Waals surface area (Å²) in [4.78, 5) is 2.00. The van der Waals surface area contributed by atoms with Crippen molar-refractivity contribution in [2.75, 3.05) is 32.8 Å². The van der Waals surface area contributed by atoms with Crippen molar-refractivity contribution in [2.45, 2.75) is 19.6 Å². The standard InChI is InChI=1S/C14H23NO3/c1-2-15(8-9-16)10-14(17)12-18-11-13-6-4-3-5-7-13/h3-7,14,16-17H,2,8-12H2,1H3. The van der Waals surface area contributed by atoms with Crippen molar-refractivity contribution in [3.63, 3.8) is 0 Å². The van der Waals surface area contributed by atoms with Crippen molar-refractivity contribution in [2.24, 2.45) is 0 Å². The van der Waals surface area contributed by atoms with Crippen LogP contribution in [0.3, 0.4) is 0 Å². The van der Waals surface area contributed by atoms with Gasteiger partial charge in [-0.05, 0) is 12.1 Å². The molecule has 0 aromatic heterocycles. The number of hydrogen-bond donors (Lipinski definition) is 2. The quantitative estimate of drug-likeness (QED) is 0.686. The Morgan fingerprint density at radius 1 is 1.28 bits per heavy atom. The van der Waals surface area contributed by atoms with Gasteiger partial charge < -0.3 is 14.9 Å². The third-order valence-corrected chi connectivity index (χ3v) is 2.75. The largest absolute Gasteiger partial charge is 0.395 e. The van der Waals surface area contributed by atoms with Crippen LogP contribution in [0, 0.1) is 0 Å². The fraction of sp³-hybridized carbons (Fsp3) is 0.571. The third kappa shape index (κ3) is 6.12. The Morgan fingerprint density at radius 3 is 2.61 bits per heavy atom. The number of aliphatic hydroxyl groups is 2. The Hall–Kier alpha value is -0.940. The van der Waals surface area contributed by atoms with Crippen molar-refractivity contribution in [1.29, 1.82) is 0 Å². The van der Waals surface area contributed by atoms with Gasteiger partial charge in [0.1, 0.15) is 0 Å². The lowest BCUT2D eigenvalue weighted by molar-refractivity contribution is 0.00854. The average molecular weight is 253 g/mol. The molecule has 0 aliphatic rings. The fourth-order valence-electron chi connectivity index (χ4n) is 1.76. The Morgan fingerprint density at radius 2 is 2.00 bits per heavy atom. The van der Waals surface area contributed by atoms with E-state index in [2.05, 4.69) is 0 Å². The highest BCUT2D eigenvalue weighted by Crippen LogP contribution is 2.01. The van der Waals surface area contributed by atoms with E-state index in [1.54, 1.807) is 0 Å². The van der Waals surface area contributed by atoms with Gasteiger partial charge in [0, 0.05) is 13.1 Å². The molecule has 4 heteroatoms. The molecule has 4 nitrogen and oxygen atoms in total. The van der Waals surface area contributed by atoms with Crippen molar-refractivity contribution in [1.82, 2.24) is 4.90 Å². The van der Waals surface area contributed by atoms with Crippen LogP contribution < -0.4 is 0 Å². The van der Waals surface area contributed by atoms with Crippen LogP contribution in [-0.4, -0.2) is 54.1 Å². The number of aliphatic hydroxyl groups excluding tert-OH is 2. The lowest BCUT2D eigenvalue weighted by Gasteiger charge is -2.22. The summed E-state index contributed by atoms with van der Waals surface area (Å²) in [6, 6.07) is 9.89. The van der Waals surface area contributed by atoms with Crippen LogP contribution in [0.5, 0.6) is 0 Å². The molecule has 1 rings (SSSR count). The Balaban J connectivity index is 2.18. The highest BCUT2D eigenvalue weighted by Gasteiger charge is 2.09. The maximum absolute atomic E-state index is 9.81. The van der Waals surface area contributed by atoms with Crippen LogP contribution in [0.15, 0.2) is 30.3 Å². The van der Waals surface area contributed by atoms with E-state index in [1.165, 1.54) is 0 Å². The molecule has 0 aliphatic carbocycles. The summed E-state index contributed by atoms with van der Waals surface area (Å²) in [6.07, 6.45) is -0.514. The molecule has 0 saturated heterocycles. The molecule has 2 N–H and O–H groups in total. The van der Waals surface area contributed by atoms with Gasteiger partial charge in [-0.15, -0.1) is 0 Å². The van der Waals surface area contributed by atoms with Crippen LogP contribution in [0.4, 0.5) is 0 Å². The van der Waals surface area contributed by atoms with E-state index in [0.717, 1.165) is 12.1 Å². The van der Waals surface area contributed by atoms with Gasteiger partial charge in [-0.1, -0.05) is 37.3 Å². The second-order valence-electron chi connectivity index (χ2n) is 4.27. The first-order chi connectivity index (χ1) is 8.76. The molecule has 0 radical (unpaired) electrons. The van der Waals surface area contributed by atoms with E-state index >= 15 is 0 Å². The number of benzene rings is 1. The van der Waals surface area contributed by atoms with E-state index in [0.29, 0.717) is 26.3 Å². The fourth-order valence-corrected chi connectivity index (χ4v) is 1.76. The zero-order valence-corrected chi connectivity index (χ0v) is 11.0. The highest BCUT2D eigenvalue weighted by molar-refractivity contribution is 5.13. The predicted octanol–water partition coefficient (Wildman–Crippen LogP) is 0.878. The molecule has 0 saturated carbocycles. The van der Waals surface area contributed by atoms with Crippen LogP contribution >= 0.6 is 0 Å². The zero-order valence-electron chi connectivity index (χ0n) is 11.0. The number of rotatable bonds is 9. The number of nitrogens with zero attached hydrogens (tertiary/aromatic N) is 1. The zero-order chi connectivity index (χ0) is 13.2. The summed E-state index contributed by atoms with van der Waals surface area (Å²) < 4.78 is 5.47. The molecule has 0 spiro atoms. The average Bonchev–Trinajstić information content (AvgIpc) is 2.39. The molecule has 18 heavy (non-hydrogen) atoms. The molecule has 1 aromatic rings. The van der Waals surface area contributed by atoms with E-state index < -0.39 is 6.10 Å². The maximum atomic E-state index is 9.81. The minimum atomic E-state index is -0.514. The molecule has 1 unspecified atom stereocenters. The lowest BCUT2D eigenvalue weighted by atomic mass is 10.2. The SMILES string of the molecule is CCN(CCO)CC(O)COCc1ccccc1. The van der Waals surface area contributed by atoms with Crippen molar-refractivity contribution in [3.8, 4) is 0 Å². The van der Waals surface area contributed by atoms with Crippen molar-refractivity contribution >= 4 is 0 Å². The van der Waals surface area contributed by atoms with Crippen molar-refractivity contribution < 1.29 is 14.9 Å². The van der Waals surface area contributed by atoms with Crippen LogP contribution in [0.2, 0.25) is 0 Å². The number of hydrogen-bond acceptors (Lipinski definition) is 4. The number of likely N-dealkylation sites (N-methyl/N-ethyl adjacent to an activating group) is 1. The van der Waals surface area contributed by atoms with Crippen LogP contribution in [0.25, 0.3) is 0 Å². The van der Waals surface area contributed by atoms with Gasteiger partial charge in [-0.2, -0.15) is 0 Å². The predicted molar refractivity (Wildman–Crippen MR) is 71.3 cm³/mol. The second-order valence-corrected chi connectivity index (χ2v) is 4.27. The molecular weight excluding hydrogens is 230 g/mol. The van der Waals surface area contributed by atoms with E-state index in [1.807, 2.05) is 42.2 Å². The van der Waals surface area contributed by atoms with Gasteiger partial charge in [0.25, 0.3) is 0 Å². The third-order valence-electron chi connectivity index (χ3n) is 2.75. The Labute approximate surface area is 109 Å². The first-order valence-corrected chi connectivity index (χ1v) is 6.39. The summed E-state index contributed by atoms with van der Waals surface area (Å²) in [7, 11) is 0. The molecule has 1 aromatic carbocycles. The molecule has 0 heterocycles. The topological polar surface area (TPSA) is 52.9 Å². The Kier molecular flexibility index (Phi) is 7.60. The molecule has 0 bridgehead atoms. The van der Waals surface area contributed by atoms with E-state index in [-0.39, 0.29) is 6.61 Å². The molecule has 0 aliphatic heterocycles. The molecule has 1 atom stereocenters. The van der Waals surface area contributed by atoms with Gasteiger partial charge in [-0.25, -0.2) is 0 Å². The molecule has 0 amide bonds. The van der Waals surface area contributed by atoms with Crippen LogP contribution in [-0.2, 0) is 11.3 Å². The first kappa shape index (κ1) is 15.1. The van der Waals surface area contributed by atoms with Gasteiger partial charge in [0.15, 0.2) is 0 Å². The minimum Gasteiger partial charge on any atom is -0.395 e. The summed E-state index contributed by atoms with van der Waals surface area (Å²) in [5, 5.41) is 18.7. The molecule has 0 fully saturated rings. The minimum absolute atomic E-state index is 0.117. The monoisotopic (exact) mass is 253 g/mol. The lowest BCUT2D eigenvalue weighted by Crippen LogP contribution is -2.36. The maximum Gasteiger partial charge on any atom is 0.0900 e. The van der Waals surface area contributed by atoms with Gasteiger partial charge in [0.2, 0.25) is 0 Å². The van der Waals surface area contributed by atoms with E-state index in [4.69, 9.17) is 9.84 Å². The highest BCUT2D eigenvalue weighted by atomic mass is 16.5. The summed E-state index contributed by atoms with van der Waals surface area (Å²) in [5.74, 6) is 0. The summed E-state index contributed by atoms with van der Waals surface area (Å²) in [6.45, 7) is 4.90. The summed E-state index contributed by atoms with van der Waals surface area (Å²) >= 11 is 0. The number of ether oxygens (including phenoxy) is 1. The molecule has 102 valence electrons. The van der Waals surface area contributed by atoms with Gasteiger partial charge >= 0.3 is 0 Å². The normalized spacial score (nSPS) is 12.9. The van der Waals surface area contributed by atoms with Crippen LogP contribution in [0.1, 0.15) is 12.5 Å². The van der Waals surface area contributed by atoms with Gasteiger partial charge in [0.05, 0.1) is 25.9 Å². The summed E-state index contributed by atoms with van der Waals surface area (Å²) in [5.41, 5.74) is 1.10. The Bertz CT molecular complexity index is 305. The molecular formula is C14H23NO3.